The molecule has 0 fully saturated rings. The van der Waals surface area contributed by atoms with Crippen LogP contribution >= 0.6 is 0 Å². The number of benzene rings is 2. The van der Waals surface area contributed by atoms with Crippen molar-refractivity contribution in [1.29, 1.82) is 0 Å². The van der Waals surface area contributed by atoms with Crippen LogP contribution in [0.1, 0.15) is 16.8 Å². The molecule has 1 aliphatic heterocycles. The Morgan fingerprint density at radius 2 is 1.81 bits per heavy atom. The van der Waals surface area contributed by atoms with Crippen LogP contribution in [0.5, 0.6) is 0 Å². The van der Waals surface area contributed by atoms with Crippen LogP contribution in [0, 0.1) is 0 Å². The molecule has 4 rings (SSSR count). The molecule has 2 heterocycles. The highest BCUT2D eigenvalue weighted by Crippen LogP contribution is 2.23. The molecule has 1 aliphatic rings. The number of rotatable bonds is 2. The summed E-state index contributed by atoms with van der Waals surface area (Å²) < 4.78 is 2.49. The number of nitrogens with one attached hydrogen (secondary N) is 1. The van der Waals surface area contributed by atoms with Crippen molar-refractivity contribution in [2.75, 3.05) is 13.1 Å². The third-order valence-corrected chi connectivity index (χ3v) is 4.38. The third kappa shape index (κ3) is 2.47. The van der Waals surface area contributed by atoms with E-state index in [-0.39, 0.29) is 0 Å². The smallest absolute Gasteiger partial charge is 0.0485 e. The van der Waals surface area contributed by atoms with Gasteiger partial charge in [-0.3, -0.25) is 0 Å². The molecule has 0 aliphatic carbocycles. The maximum atomic E-state index is 3.48. The number of hydrogen-bond donors (Lipinski definition) is 1. The summed E-state index contributed by atoms with van der Waals surface area (Å²) in [5, 5.41) is 4.86. The summed E-state index contributed by atoms with van der Waals surface area (Å²) in [6, 6.07) is 20.0. The molecule has 0 saturated heterocycles. The predicted octanol–water partition coefficient (Wildman–Crippen LogP) is 3.38. The van der Waals surface area contributed by atoms with E-state index < -0.39 is 0 Å². The van der Waals surface area contributed by atoms with E-state index in [1.54, 1.807) is 0 Å². The quantitative estimate of drug-likeness (QED) is 0.759. The van der Waals surface area contributed by atoms with Gasteiger partial charge in [0.15, 0.2) is 0 Å². The van der Waals surface area contributed by atoms with Crippen LogP contribution < -0.4 is 5.32 Å². The Morgan fingerprint density at radius 1 is 0.905 bits per heavy atom. The Balaban J connectivity index is 1.73. The molecule has 0 spiro atoms. The van der Waals surface area contributed by atoms with Gasteiger partial charge in [0.05, 0.1) is 0 Å². The van der Waals surface area contributed by atoms with E-state index in [1.807, 2.05) is 0 Å². The minimum atomic E-state index is 1.01. The van der Waals surface area contributed by atoms with Gasteiger partial charge in [-0.05, 0) is 35.1 Å². The molecule has 0 bridgehead atoms. The SMILES string of the molecule is c1ccc(Cc2ccc3cc4n(c3c2)CCNCC4)cc1. The van der Waals surface area contributed by atoms with E-state index in [2.05, 4.69) is 64.5 Å². The molecule has 0 unspecified atom stereocenters. The summed E-state index contributed by atoms with van der Waals surface area (Å²) in [4.78, 5) is 0. The molecule has 2 nitrogen and oxygen atoms in total. The highest BCUT2D eigenvalue weighted by Gasteiger charge is 2.11. The average Bonchev–Trinajstić information content (AvgIpc) is 2.70. The summed E-state index contributed by atoms with van der Waals surface area (Å²) in [5.41, 5.74) is 5.63. The van der Waals surface area contributed by atoms with Crippen LogP contribution in [-0.2, 0) is 19.4 Å². The molecular weight excluding hydrogens is 256 g/mol. The Labute approximate surface area is 125 Å². The molecule has 0 saturated carbocycles. The van der Waals surface area contributed by atoms with Crippen molar-refractivity contribution in [3.05, 3.63) is 71.4 Å². The first-order valence-corrected chi connectivity index (χ1v) is 7.76. The van der Waals surface area contributed by atoms with Crippen LogP contribution in [0.4, 0.5) is 0 Å². The minimum Gasteiger partial charge on any atom is -0.343 e. The molecule has 0 amide bonds. The summed E-state index contributed by atoms with van der Waals surface area (Å²) >= 11 is 0. The van der Waals surface area contributed by atoms with Gasteiger partial charge in [0, 0.05) is 37.3 Å². The van der Waals surface area contributed by atoms with Crippen LogP contribution in [0.15, 0.2) is 54.6 Å². The predicted molar refractivity (Wildman–Crippen MR) is 87.8 cm³/mol. The molecule has 2 aromatic carbocycles. The largest absolute Gasteiger partial charge is 0.343 e. The fourth-order valence-corrected chi connectivity index (χ4v) is 3.30. The summed E-state index contributed by atoms with van der Waals surface area (Å²) in [6.07, 6.45) is 2.14. The Morgan fingerprint density at radius 3 is 2.71 bits per heavy atom. The van der Waals surface area contributed by atoms with Crippen LogP contribution in [-0.4, -0.2) is 17.7 Å². The maximum Gasteiger partial charge on any atom is 0.0485 e. The van der Waals surface area contributed by atoms with Crippen molar-refractivity contribution in [3.63, 3.8) is 0 Å². The van der Waals surface area contributed by atoms with E-state index in [9.17, 15) is 0 Å². The Kier molecular flexibility index (Phi) is 3.24. The fourth-order valence-electron chi connectivity index (χ4n) is 3.30. The normalized spacial score (nSPS) is 14.9. The van der Waals surface area contributed by atoms with Crippen LogP contribution in [0.25, 0.3) is 10.9 Å². The van der Waals surface area contributed by atoms with E-state index in [1.165, 1.54) is 27.7 Å². The molecule has 1 N–H and O–H groups in total. The molecule has 1 aromatic heterocycles. The zero-order valence-electron chi connectivity index (χ0n) is 12.2. The highest BCUT2D eigenvalue weighted by molar-refractivity contribution is 5.82. The van der Waals surface area contributed by atoms with Crippen molar-refractivity contribution in [3.8, 4) is 0 Å². The van der Waals surface area contributed by atoms with E-state index in [0.29, 0.717) is 0 Å². The topological polar surface area (TPSA) is 17.0 Å². The lowest BCUT2D eigenvalue weighted by Gasteiger charge is -2.08. The second-order valence-electron chi connectivity index (χ2n) is 5.84. The first-order valence-electron chi connectivity index (χ1n) is 7.76. The number of aromatic nitrogens is 1. The van der Waals surface area contributed by atoms with Crippen molar-refractivity contribution in [2.24, 2.45) is 0 Å². The lowest BCUT2D eigenvalue weighted by Crippen LogP contribution is -2.17. The monoisotopic (exact) mass is 276 g/mol. The van der Waals surface area contributed by atoms with Crippen molar-refractivity contribution in [1.82, 2.24) is 9.88 Å². The number of fused-ring (bicyclic) bond motifs is 3. The second kappa shape index (κ2) is 5.38. The van der Waals surface area contributed by atoms with Crippen LogP contribution in [0.3, 0.4) is 0 Å². The van der Waals surface area contributed by atoms with Gasteiger partial charge in [0.1, 0.15) is 0 Å². The summed E-state index contributed by atoms with van der Waals surface area (Å²) in [5.74, 6) is 0. The molecular formula is C19H20N2. The third-order valence-electron chi connectivity index (χ3n) is 4.38. The summed E-state index contributed by atoms with van der Waals surface area (Å²) in [6.45, 7) is 3.24. The first-order chi connectivity index (χ1) is 10.4. The summed E-state index contributed by atoms with van der Waals surface area (Å²) in [7, 11) is 0. The fraction of sp³-hybridized carbons (Fsp3) is 0.263. The highest BCUT2D eigenvalue weighted by atomic mass is 15.0. The average molecular weight is 276 g/mol. The van der Waals surface area contributed by atoms with Gasteiger partial charge in [-0.1, -0.05) is 42.5 Å². The van der Waals surface area contributed by atoms with Gasteiger partial charge in [-0.15, -0.1) is 0 Å². The van der Waals surface area contributed by atoms with Gasteiger partial charge >= 0.3 is 0 Å². The molecule has 0 atom stereocenters. The second-order valence-corrected chi connectivity index (χ2v) is 5.84. The maximum absolute atomic E-state index is 3.48. The number of hydrogen-bond acceptors (Lipinski definition) is 1. The van der Waals surface area contributed by atoms with Gasteiger partial charge < -0.3 is 9.88 Å². The molecule has 0 radical (unpaired) electrons. The van der Waals surface area contributed by atoms with Gasteiger partial charge in [0.25, 0.3) is 0 Å². The van der Waals surface area contributed by atoms with Gasteiger partial charge in [-0.25, -0.2) is 0 Å². The lowest BCUT2D eigenvalue weighted by atomic mass is 10.0. The van der Waals surface area contributed by atoms with E-state index >= 15 is 0 Å². The van der Waals surface area contributed by atoms with Gasteiger partial charge in [-0.2, -0.15) is 0 Å². The molecule has 2 heteroatoms. The standard InChI is InChI=1S/C19H20N2/c1-2-4-15(5-3-1)12-16-6-7-17-14-18-8-9-20-10-11-21(18)19(17)13-16/h1-7,13-14,20H,8-12H2. The van der Waals surface area contributed by atoms with Crippen molar-refractivity contribution in [2.45, 2.75) is 19.4 Å². The first kappa shape index (κ1) is 12.7. The zero-order chi connectivity index (χ0) is 14.1. The Hall–Kier alpha value is -2.06. The van der Waals surface area contributed by atoms with Crippen molar-refractivity contribution < 1.29 is 0 Å². The minimum absolute atomic E-state index is 1.01. The van der Waals surface area contributed by atoms with E-state index in [4.69, 9.17) is 0 Å². The van der Waals surface area contributed by atoms with E-state index in [0.717, 1.165) is 32.5 Å². The van der Waals surface area contributed by atoms with Gasteiger partial charge in [0.2, 0.25) is 0 Å². The Bertz CT molecular complexity index is 756. The molecule has 21 heavy (non-hydrogen) atoms. The number of nitrogens with zero attached hydrogens (tertiary/aromatic N) is 1. The van der Waals surface area contributed by atoms with Crippen LogP contribution in [0.2, 0.25) is 0 Å². The lowest BCUT2D eigenvalue weighted by molar-refractivity contribution is 0.658. The molecule has 3 aromatic rings. The molecule has 106 valence electrons. The van der Waals surface area contributed by atoms with Crippen molar-refractivity contribution >= 4 is 10.9 Å². The zero-order valence-corrected chi connectivity index (χ0v) is 12.2.